The summed E-state index contributed by atoms with van der Waals surface area (Å²) in [6.45, 7) is 16.6. The molecule has 10 heteroatoms. The molecule has 0 bridgehead atoms. The van der Waals surface area contributed by atoms with Gasteiger partial charge in [-0.2, -0.15) is 0 Å². The molecule has 2 aromatic heterocycles. The molecule has 1 aliphatic rings. The van der Waals surface area contributed by atoms with Crippen molar-refractivity contribution in [3.05, 3.63) is 46.8 Å². The summed E-state index contributed by atoms with van der Waals surface area (Å²) in [5, 5.41) is 11.2. The van der Waals surface area contributed by atoms with Gasteiger partial charge >= 0.3 is 0 Å². The molecule has 0 aliphatic carbocycles. The minimum absolute atomic E-state index is 0.241. The summed E-state index contributed by atoms with van der Waals surface area (Å²) >= 11 is 0. The molecule has 0 spiro atoms. The summed E-state index contributed by atoms with van der Waals surface area (Å²) in [5.74, 6) is 1.75. The fraction of sp³-hybridized carbons (Fsp3) is 0.515. The lowest BCUT2D eigenvalue weighted by molar-refractivity contribution is 0.102. The lowest BCUT2D eigenvalue weighted by atomic mass is 10.1. The van der Waals surface area contributed by atoms with Crippen molar-refractivity contribution in [2.45, 2.75) is 34.1 Å². The van der Waals surface area contributed by atoms with E-state index in [1.54, 1.807) is 0 Å². The van der Waals surface area contributed by atoms with Crippen LogP contribution in [0.15, 0.2) is 24.3 Å². The Morgan fingerprint density at radius 1 is 0.791 bits per heavy atom. The number of ether oxygens (including phenoxy) is 2. The lowest BCUT2D eigenvalue weighted by Crippen LogP contribution is -2.48. The Kier molecular flexibility index (Phi) is 11.2. The minimum atomic E-state index is 0.241. The number of benzene rings is 2. The number of likely N-dealkylation sites (N-methyl/N-ethyl adjacent to an activating group) is 1. The van der Waals surface area contributed by atoms with Crippen molar-refractivity contribution in [1.29, 1.82) is 0 Å². The third kappa shape index (κ3) is 7.75. The standard InChI is InChI=1S/C18H28N4O2.C15H23N3O/c1-13-14(2)20-18-16(4-3-15(19)17(13)18)24-12-10-22-7-5-21(6-8-22)9-11-23;1-5-11-10(2)17-15-13(19-9-8-18(3)4)7-6-12(16)14(11)15/h3-4,20,23H,5-12,19H2,1-2H3;6-7,17H,5,8-9,16H2,1-4H3. The number of nitrogen functional groups attached to an aromatic ring is 2. The monoisotopic (exact) mass is 593 g/mol. The Morgan fingerprint density at radius 2 is 1.33 bits per heavy atom. The molecule has 0 amide bonds. The number of fused-ring (bicyclic) bond motifs is 2. The van der Waals surface area contributed by atoms with Crippen molar-refractivity contribution in [3.63, 3.8) is 0 Å². The average molecular weight is 594 g/mol. The number of aromatic nitrogens is 2. The van der Waals surface area contributed by atoms with Gasteiger partial charge in [-0.3, -0.25) is 9.80 Å². The largest absolute Gasteiger partial charge is 0.490 e. The highest BCUT2D eigenvalue weighted by Gasteiger charge is 2.17. The molecule has 10 nitrogen and oxygen atoms in total. The molecule has 236 valence electrons. The first-order chi connectivity index (χ1) is 20.6. The second kappa shape index (κ2) is 14.8. The lowest BCUT2D eigenvalue weighted by Gasteiger charge is -2.34. The number of anilines is 2. The van der Waals surface area contributed by atoms with Crippen LogP contribution in [0.25, 0.3) is 21.8 Å². The van der Waals surface area contributed by atoms with E-state index < -0.39 is 0 Å². The molecule has 3 heterocycles. The highest BCUT2D eigenvalue weighted by Crippen LogP contribution is 2.35. The van der Waals surface area contributed by atoms with Gasteiger partial charge in [0.25, 0.3) is 0 Å². The number of aliphatic hydroxyl groups excluding tert-OH is 1. The molecule has 4 aromatic rings. The zero-order valence-electron chi connectivity index (χ0n) is 26.8. The van der Waals surface area contributed by atoms with Gasteiger partial charge in [0.05, 0.1) is 17.6 Å². The highest BCUT2D eigenvalue weighted by atomic mass is 16.5. The van der Waals surface area contributed by atoms with E-state index in [2.05, 4.69) is 52.4 Å². The maximum atomic E-state index is 8.99. The summed E-state index contributed by atoms with van der Waals surface area (Å²) < 4.78 is 11.9. The summed E-state index contributed by atoms with van der Waals surface area (Å²) in [6, 6.07) is 7.75. The Labute approximate surface area is 255 Å². The number of β-amino-alcohol motifs (C(OH)–C–C–N with tert-alkyl or cyclic N) is 1. The summed E-state index contributed by atoms with van der Waals surface area (Å²) in [4.78, 5) is 13.6. The predicted octanol–water partition coefficient (Wildman–Crippen LogP) is 3.92. The number of hydrogen-bond donors (Lipinski definition) is 5. The van der Waals surface area contributed by atoms with Crippen LogP contribution in [0.1, 0.15) is 29.4 Å². The Bertz CT molecular complexity index is 1490. The fourth-order valence-electron chi connectivity index (χ4n) is 5.78. The van der Waals surface area contributed by atoms with Gasteiger partial charge in [-0.15, -0.1) is 0 Å². The number of aryl methyl sites for hydroxylation is 4. The second-order valence-electron chi connectivity index (χ2n) is 11.7. The van der Waals surface area contributed by atoms with Crippen LogP contribution in [0.2, 0.25) is 0 Å². The molecule has 0 atom stereocenters. The van der Waals surface area contributed by atoms with Crippen molar-refractivity contribution >= 4 is 33.2 Å². The van der Waals surface area contributed by atoms with Gasteiger partial charge in [-0.25, -0.2) is 0 Å². The minimum Gasteiger partial charge on any atom is -0.490 e. The first-order valence-corrected chi connectivity index (χ1v) is 15.4. The summed E-state index contributed by atoms with van der Waals surface area (Å²) in [6.07, 6.45) is 0.969. The molecule has 0 unspecified atom stereocenters. The molecule has 5 rings (SSSR count). The van der Waals surface area contributed by atoms with Gasteiger partial charge in [0, 0.05) is 79.3 Å². The van der Waals surface area contributed by atoms with Gasteiger partial charge in [-0.05, 0) is 76.7 Å². The number of hydrogen-bond acceptors (Lipinski definition) is 8. The van der Waals surface area contributed by atoms with E-state index in [1.807, 2.05) is 38.4 Å². The average Bonchev–Trinajstić information content (AvgIpc) is 3.48. The molecule has 43 heavy (non-hydrogen) atoms. The van der Waals surface area contributed by atoms with E-state index in [4.69, 9.17) is 26.0 Å². The first-order valence-electron chi connectivity index (χ1n) is 15.4. The Balaban J connectivity index is 0.000000203. The van der Waals surface area contributed by atoms with Crippen molar-refractivity contribution < 1.29 is 14.6 Å². The van der Waals surface area contributed by atoms with Crippen molar-refractivity contribution in [2.24, 2.45) is 0 Å². The Morgan fingerprint density at radius 3 is 1.91 bits per heavy atom. The molecule has 1 saturated heterocycles. The van der Waals surface area contributed by atoms with E-state index in [1.165, 1.54) is 16.8 Å². The van der Waals surface area contributed by atoms with Crippen LogP contribution < -0.4 is 20.9 Å². The van der Waals surface area contributed by atoms with Gasteiger partial charge < -0.3 is 40.9 Å². The van der Waals surface area contributed by atoms with Crippen molar-refractivity contribution in [3.8, 4) is 11.5 Å². The number of nitrogens with zero attached hydrogens (tertiary/aromatic N) is 3. The molecule has 7 N–H and O–H groups in total. The maximum absolute atomic E-state index is 8.99. The van der Waals surface area contributed by atoms with E-state index in [0.717, 1.165) is 103 Å². The van der Waals surface area contributed by atoms with Gasteiger partial charge in [0.2, 0.25) is 0 Å². The molecule has 1 aliphatic heterocycles. The summed E-state index contributed by atoms with van der Waals surface area (Å²) in [7, 11) is 4.08. The molecule has 2 aromatic carbocycles. The number of aliphatic hydroxyl groups is 1. The number of H-pyrrole nitrogens is 2. The predicted molar refractivity (Wildman–Crippen MR) is 179 cm³/mol. The number of nitrogens with two attached hydrogens (primary N) is 2. The smallest absolute Gasteiger partial charge is 0.143 e. The highest BCUT2D eigenvalue weighted by molar-refractivity contribution is 5.99. The molecular weight excluding hydrogens is 542 g/mol. The molecule has 1 fully saturated rings. The van der Waals surface area contributed by atoms with E-state index in [-0.39, 0.29) is 6.61 Å². The fourth-order valence-corrected chi connectivity index (χ4v) is 5.78. The summed E-state index contributed by atoms with van der Waals surface area (Å²) in [5.41, 5.74) is 20.6. The van der Waals surface area contributed by atoms with Crippen LogP contribution >= 0.6 is 0 Å². The molecule has 0 saturated carbocycles. The van der Waals surface area contributed by atoms with Crippen LogP contribution in [-0.2, 0) is 6.42 Å². The molecular formula is C33H51N7O3. The van der Waals surface area contributed by atoms with Gasteiger partial charge in [0.15, 0.2) is 0 Å². The third-order valence-corrected chi connectivity index (χ3v) is 8.41. The third-order valence-electron chi connectivity index (χ3n) is 8.41. The Hall–Kier alpha value is -3.44. The number of nitrogens with one attached hydrogen (secondary N) is 2. The zero-order valence-corrected chi connectivity index (χ0v) is 26.8. The van der Waals surface area contributed by atoms with Crippen LogP contribution in [0.3, 0.4) is 0 Å². The van der Waals surface area contributed by atoms with Gasteiger partial charge in [0.1, 0.15) is 24.7 Å². The van der Waals surface area contributed by atoms with E-state index in [9.17, 15) is 0 Å². The molecule has 0 radical (unpaired) electrons. The quantitative estimate of drug-likeness (QED) is 0.165. The SMILES string of the molecule is CCc1c(C)[nH]c2c(OCCN(C)C)ccc(N)c12.Cc1[nH]c2c(OCCN3CCN(CCO)CC3)ccc(N)c2c1C. The zero-order chi connectivity index (χ0) is 31.1. The normalized spacial score (nSPS) is 14.4. The maximum Gasteiger partial charge on any atom is 0.143 e. The van der Waals surface area contributed by atoms with Crippen LogP contribution in [-0.4, -0.2) is 110 Å². The van der Waals surface area contributed by atoms with E-state index >= 15 is 0 Å². The number of piperazine rings is 1. The van der Waals surface area contributed by atoms with Crippen LogP contribution in [0.4, 0.5) is 11.4 Å². The van der Waals surface area contributed by atoms with Gasteiger partial charge in [-0.1, -0.05) is 6.92 Å². The number of rotatable bonds is 11. The second-order valence-corrected chi connectivity index (χ2v) is 11.7. The van der Waals surface area contributed by atoms with E-state index in [0.29, 0.717) is 13.2 Å². The van der Waals surface area contributed by atoms with Crippen LogP contribution in [0, 0.1) is 20.8 Å². The van der Waals surface area contributed by atoms with Crippen LogP contribution in [0.5, 0.6) is 11.5 Å². The van der Waals surface area contributed by atoms with Crippen molar-refractivity contribution in [2.75, 3.05) is 91.2 Å². The number of aromatic amines is 2. The topological polar surface area (TPSA) is 132 Å². The first kappa shape index (κ1) is 32.5. The van der Waals surface area contributed by atoms with Crippen molar-refractivity contribution in [1.82, 2.24) is 24.7 Å².